The number of hydrogen-bond acceptors (Lipinski definition) is 5. The lowest BCUT2D eigenvalue weighted by atomic mass is 10.1. The van der Waals surface area contributed by atoms with Crippen LogP contribution in [0.5, 0.6) is 0 Å². The van der Waals surface area contributed by atoms with Crippen LogP contribution in [0.1, 0.15) is 19.8 Å². The number of nitrogens with two attached hydrogens (primary N) is 1. The van der Waals surface area contributed by atoms with Crippen molar-refractivity contribution >= 4 is 16.1 Å². The molecule has 106 valence electrons. The van der Waals surface area contributed by atoms with Gasteiger partial charge in [-0.2, -0.15) is 0 Å². The molecule has 3 N–H and O–H groups in total. The Morgan fingerprint density at radius 1 is 1.44 bits per heavy atom. The van der Waals surface area contributed by atoms with Gasteiger partial charge in [0.2, 0.25) is 10.0 Å². The highest BCUT2D eigenvalue weighted by Gasteiger charge is 2.26. The van der Waals surface area contributed by atoms with Crippen LogP contribution >= 0.6 is 0 Å². The van der Waals surface area contributed by atoms with E-state index >= 15 is 0 Å². The smallest absolute Gasteiger partial charge is 0.409 e. The largest absolute Gasteiger partial charge is 0.450 e. The topological polar surface area (TPSA) is 102 Å². The first-order chi connectivity index (χ1) is 8.48. The number of nitrogens with zero attached hydrogens (tertiary/aromatic N) is 1. The van der Waals surface area contributed by atoms with Crippen molar-refractivity contribution in [1.29, 1.82) is 0 Å². The molecule has 8 heteroatoms. The van der Waals surface area contributed by atoms with Crippen molar-refractivity contribution in [2.45, 2.75) is 25.8 Å². The number of amides is 1. The Hall–Kier alpha value is -0.860. The number of nitrogens with one attached hydrogen (secondary N) is 1. The Morgan fingerprint density at radius 3 is 2.56 bits per heavy atom. The molecule has 1 aliphatic heterocycles. The molecular formula is C10H21N3O4S. The molecule has 0 aromatic heterocycles. The zero-order chi connectivity index (χ0) is 13.6. The fourth-order valence-electron chi connectivity index (χ4n) is 1.86. The summed E-state index contributed by atoms with van der Waals surface area (Å²) < 4.78 is 30.5. The number of likely N-dealkylation sites (tertiary alicyclic amines) is 1. The number of carbonyl (C=O) groups excluding carboxylic acids is 1. The first-order valence-corrected chi connectivity index (χ1v) is 7.75. The van der Waals surface area contributed by atoms with Gasteiger partial charge in [-0.25, -0.2) is 17.9 Å². The van der Waals surface area contributed by atoms with E-state index in [0.717, 1.165) is 0 Å². The van der Waals surface area contributed by atoms with E-state index in [2.05, 4.69) is 4.72 Å². The normalized spacial score (nSPS) is 17.8. The predicted octanol–water partition coefficient (Wildman–Crippen LogP) is -0.515. The van der Waals surface area contributed by atoms with Crippen molar-refractivity contribution in [3.63, 3.8) is 0 Å². The molecular weight excluding hydrogens is 258 g/mol. The van der Waals surface area contributed by atoms with Gasteiger partial charge < -0.3 is 15.4 Å². The highest BCUT2D eigenvalue weighted by Crippen LogP contribution is 2.12. The first kappa shape index (κ1) is 15.2. The molecule has 0 atom stereocenters. The second kappa shape index (κ2) is 6.91. The fraction of sp³-hybridized carbons (Fsp3) is 0.900. The number of hydrogen-bond donors (Lipinski definition) is 2. The van der Waals surface area contributed by atoms with Crippen LogP contribution in [0.15, 0.2) is 0 Å². The molecule has 0 aromatic carbocycles. The van der Waals surface area contributed by atoms with Crippen molar-refractivity contribution in [2.75, 3.05) is 32.0 Å². The molecule has 0 bridgehead atoms. The minimum Gasteiger partial charge on any atom is -0.450 e. The van der Waals surface area contributed by atoms with Gasteiger partial charge in [0, 0.05) is 25.7 Å². The second-order valence-electron chi connectivity index (χ2n) is 4.19. The van der Waals surface area contributed by atoms with Crippen molar-refractivity contribution in [3.8, 4) is 0 Å². The van der Waals surface area contributed by atoms with Gasteiger partial charge in [-0.15, -0.1) is 0 Å². The van der Waals surface area contributed by atoms with E-state index in [1.54, 1.807) is 11.8 Å². The van der Waals surface area contributed by atoms with Crippen molar-refractivity contribution in [2.24, 2.45) is 5.73 Å². The molecule has 0 aromatic rings. The van der Waals surface area contributed by atoms with Gasteiger partial charge >= 0.3 is 6.09 Å². The Balaban J connectivity index is 2.38. The maximum atomic E-state index is 11.5. The van der Waals surface area contributed by atoms with E-state index in [-0.39, 0.29) is 24.4 Å². The van der Waals surface area contributed by atoms with Gasteiger partial charge in [0.15, 0.2) is 0 Å². The third kappa shape index (κ3) is 4.79. The average molecular weight is 279 g/mol. The van der Waals surface area contributed by atoms with Gasteiger partial charge in [0.25, 0.3) is 0 Å². The zero-order valence-electron chi connectivity index (χ0n) is 10.6. The highest BCUT2D eigenvalue weighted by molar-refractivity contribution is 7.89. The molecule has 0 unspecified atom stereocenters. The SMILES string of the molecule is CCOC(=O)N1CCC(NS(=O)(=O)CCN)CC1. The molecule has 0 saturated carbocycles. The van der Waals surface area contributed by atoms with Crippen LogP contribution in [0.2, 0.25) is 0 Å². The van der Waals surface area contributed by atoms with Gasteiger partial charge in [0.1, 0.15) is 0 Å². The molecule has 0 spiro atoms. The minimum absolute atomic E-state index is 0.0644. The molecule has 1 saturated heterocycles. The molecule has 0 aliphatic carbocycles. The van der Waals surface area contributed by atoms with E-state index in [1.807, 2.05) is 0 Å². The van der Waals surface area contributed by atoms with Gasteiger partial charge in [-0.05, 0) is 19.8 Å². The lowest BCUT2D eigenvalue weighted by Gasteiger charge is -2.31. The monoisotopic (exact) mass is 279 g/mol. The zero-order valence-corrected chi connectivity index (χ0v) is 11.4. The number of rotatable bonds is 5. The number of carbonyl (C=O) groups is 1. The maximum Gasteiger partial charge on any atom is 0.409 e. The summed E-state index contributed by atoms with van der Waals surface area (Å²) in [5.74, 6) is -0.0644. The third-order valence-electron chi connectivity index (χ3n) is 2.75. The summed E-state index contributed by atoms with van der Waals surface area (Å²) >= 11 is 0. The van der Waals surface area contributed by atoms with Crippen LogP contribution < -0.4 is 10.5 Å². The number of ether oxygens (including phenoxy) is 1. The summed E-state index contributed by atoms with van der Waals surface area (Å²) in [4.78, 5) is 13.0. The van der Waals surface area contributed by atoms with Gasteiger partial charge in [-0.1, -0.05) is 0 Å². The minimum atomic E-state index is -3.29. The van der Waals surface area contributed by atoms with Crippen LogP contribution in [0.4, 0.5) is 4.79 Å². The Kier molecular flexibility index (Phi) is 5.83. The second-order valence-corrected chi connectivity index (χ2v) is 6.06. The lowest BCUT2D eigenvalue weighted by Crippen LogP contribution is -2.47. The summed E-state index contributed by atoms with van der Waals surface area (Å²) in [5.41, 5.74) is 5.23. The average Bonchev–Trinajstić information content (AvgIpc) is 2.29. The molecule has 18 heavy (non-hydrogen) atoms. The van der Waals surface area contributed by atoms with E-state index in [4.69, 9.17) is 10.5 Å². The summed E-state index contributed by atoms with van der Waals surface area (Å²) in [6, 6.07) is -0.118. The quantitative estimate of drug-likeness (QED) is 0.705. The summed E-state index contributed by atoms with van der Waals surface area (Å²) in [6.07, 6.45) is 0.867. The molecule has 1 rings (SSSR count). The lowest BCUT2D eigenvalue weighted by molar-refractivity contribution is 0.0966. The first-order valence-electron chi connectivity index (χ1n) is 6.10. The Bertz CT molecular complexity index is 363. The fourth-order valence-corrected chi connectivity index (χ4v) is 3.03. The molecule has 1 aliphatic rings. The third-order valence-corrected chi connectivity index (χ3v) is 4.22. The molecule has 1 amide bonds. The van der Waals surface area contributed by atoms with Crippen LogP contribution in [0.3, 0.4) is 0 Å². The number of piperidine rings is 1. The molecule has 7 nitrogen and oxygen atoms in total. The van der Waals surface area contributed by atoms with Crippen LogP contribution in [-0.2, 0) is 14.8 Å². The van der Waals surface area contributed by atoms with Gasteiger partial charge in [-0.3, -0.25) is 0 Å². The van der Waals surface area contributed by atoms with Crippen LogP contribution in [0, 0.1) is 0 Å². The molecule has 0 radical (unpaired) electrons. The van der Waals surface area contributed by atoms with E-state index in [1.165, 1.54) is 0 Å². The summed E-state index contributed by atoms with van der Waals surface area (Å²) in [6.45, 7) is 3.23. The Labute approximate surface area is 108 Å². The van der Waals surface area contributed by atoms with E-state index in [0.29, 0.717) is 32.5 Å². The van der Waals surface area contributed by atoms with Gasteiger partial charge in [0.05, 0.1) is 12.4 Å². The predicted molar refractivity (Wildman–Crippen MR) is 67.6 cm³/mol. The highest BCUT2D eigenvalue weighted by atomic mass is 32.2. The Morgan fingerprint density at radius 2 is 2.06 bits per heavy atom. The van der Waals surface area contributed by atoms with Crippen molar-refractivity contribution < 1.29 is 17.9 Å². The van der Waals surface area contributed by atoms with Crippen LogP contribution in [-0.4, -0.2) is 57.4 Å². The standard InChI is InChI=1S/C10H21N3O4S/c1-2-17-10(14)13-6-3-9(4-7-13)12-18(15,16)8-5-11/h9,12H,2-8,11H2,1H3. The molecule has 1 heterocycles. The summed E-state index contributed by atoms with van der Waals surface area (Å²) in [5, 5.41) is 0. The van der Waals surface area contributed by atoms with Crippen molar-refractivity contribution in [3.05, 3.63) is 0 Å². The van der Waals surface area contributed by atoms with Crippen LogP contribution in [0.25, 0.3) is 0 Å². The van der Waals surface area contributed by atoms with E-state index < -0.39 is 10.0 Å². The number of sulfonamides is 1. The maximum absolute atomic E-state index is 11.5. The van der Waals surface area contributed by atoms with Crippen molar-refractivity contribution in [1.82, 2.24) is 9.62 Å². The molecule has 1 fully saturated rings. The summed E-state index contributed by atoms with van der Waals surface area (Å²) in [7, 11) is -3.29. The van der Waals surface area contributed by atoms with E-state index in [9.17, 15) is 13.2 Å².